The summed E-state index contributed by atoms with van der Waals surface area (Å²) in [6.07, 6.45) is 4.89. The van der Waals surface area contributed by atoms with E-state index in [1.165, 1.54) is 6.92 Å². The molecule has 1 aromatic carbocycles. The highest BCUT2D eigenvalue weighted by Gasteiger charge is 2.61. The molecule has 7 nitrogen and oxygen atoms in total. The molecule has 0 amide bonds. The van der Waals surface area contributed by atoms with E-state index in [0.29, 0.717) is 30.3 Å². The van der Waals surface area contributed by atoms with Gasteiger partial charge in [0.05, 0.1) is 18.6 Å². The Kier molecular flexibility index (Phi) is 3.67. The number of esters is 1. The molecule has 3 heterocycles. The lowest BCUT2D eigenvalue weighted by molar-refractivity contribution is -0.147. The lowest BCUT2D eigenvalue weighted by Crippen LogP contribution is -2.53. The molecule has 7 heteroatoms. The fourth-order valence-corrected chi connectivity index (χ4v) is 5.28. The van der Waals surface area contributed by atoms with Gasteiger partial charge in [0.2, 0.25) is 12.5 Å². The fraction of sp³-hybridized carbons (Fsp3) is 0.550. The summed E-state index contributed by atoms with van der Waals surface area (Å²) in [5, 5.41) is 0. The minimum atomic E-state index is -0.442. The molecule has 1 aliphatic carbocycles. The van der Waals surface area contributed by atoms with E-state index in [2.05, 4.69) is 17.1 Å². The summed E-state index contributed by atoms with van der Waals surface area (Å²) in [6, 6.07) is 2.23. The largest absolute Gasteiger partial charge is 0.492 e. The smallest absolute Gasteiger partial charge is 0.302 e. The van der Waals surface area contributed by atoms with Crippen LogP contribution in [-0.4, -0.2) is 56.7 Å². The van der Waals surface area contributed by atoms with Crippen LogP contribution in [0.15, 0.2) is 18.2 Å². The van der Waals surface area contributed by atoms with Gasteiger partial charge in [-0.2, -0.15) is 0 Å². The van der Waals surface area contributed by atoms with Crippen molar-refractivity contribution in [3.05, 3.63) is 29.3 Å². The van der Waals surface area contributed by atoms with Crippen LogP contribution in [0.4, 0.5) is 0 Å². The van der Waals surface area contributed by atoms with Crippen molar-refractivity contribution >= 4 is 5.97 Å². The number of hydrogen-bond acceptors (Lipinski definition) is 7. The quantitative estimate of drug-likeness (QED) is 0.591. The number of nitrogens with zero attached hydrogens (tertiary/aromatic N) is 1. The SMILES string of the molecule is COc1c2c(cc3c1OCO3)[C@]13C=C[C@H](OC)C[C@@H]1N(C2)C[C@H]3OC(C)=O. The van der Waals surface area contributed by atoms with E-state index in [-0.39, 0.29) is 31.0 Å². The Morgan fingerprint density at radius 2 is 2.19 bits per heavy atom. The van der Waals surface area contributed by atoms with Crippen LogP contribution in [0.3, 0.4) is 0 Å². The van der Waals surface area contributed by atoms with Gasteiger partial charge in [0, 0.05) is 38.7 Å². The molecule has 0 saturated carbocycles. The molecule has 3 aliphatic heterocycles. The maximum atomic E-state index is 11.8. The Bertz CT molecular complexity index is 836. The van der Waals surface area contributed by atoms with E-state index >= 15 is 0 Å². The Morgan fingerprint density at radius 1 is 1.33 bits per heavy atom. The summed E-state index contributed by atoms with van der Waals surface area (Å²) >= 11 is 0. The summed E-state index contributed by atoms with van der Waals surface area (Å²) in [4.78, 5) is 14.2. The van der Waals surface area contributed by atoms with Crippen LogP contribution < -0.4 is 14.2 Å². The average molecular weight is 373 g/mol. The van der Waals surface area contributed by atoms with Gasteiger partial charge in [0.1, 0.15) is 6.10 Å². The molecule has 0 radical (unpaired) electrons. The van der Waals surface area contributed by atoms with Crippen LogP contribution >= 0.6 is 0 Å². The van der Waals surface area contributed by atoms with Gasteiger partial charge in [-0.3, -0.25) is 9.69 Å². The summed E-state index contributed by atoms with van der Waals surface area (Å²) in [5.74, 6) is 1.79. The number of methoxy groups -OCH3 is 2. The second-order valence-electron chi connectivity index (χ2n) is 7.52. The molecule has 144 valence electrons. The number of benzene rings is 1. The molecule has 1 unspecified atom stereocenters. The summed E-state index contributed by atoms with van der Waals surface area (Å²) in [6.45, 7) is 3.04. The van der Waals surface area contributed by atoms with Gasteiger partial charge in [0.15, 0.2) is 11.5 Å². The minimum absolute atomic E-state index is 0.0548. The predicted octanol–water partition coefficient (Wildman–Crippen LogP) is 1.77. The van der Waals surface area contributed by atoms with Gasteiger partial charge in [-0.15, -0.1) is 0 Å². The molecular weight excluding hydrogens is 350 g/mol. The van der Waals surface area contributed by atoms with E-state index in [4.69, 9.17) is 23.7 Å². The van der Waals surface area contributed by atoms with E-state index in [1.54, 1.807) is 14.2 Å². The second-order valence-corrected chi connectivity index (χ2v) is 7.52. The first-order valence-electron chi connectivity index (χ1n) is 9.21. The normalized spacial score (nSPS) is 34.8. The molecule has 0 aromatic heterocycles. The molecule has 1 fully saturated rings. The number of hydrogen-bond donors (Lipinski definition) is 0. The maximum absolute atomic E-state index is 11.8. The number of carbonyl (C=O) groups is 1. The van der Waals surface area contributed by atoms with Crippen molar-refractivity contribution in [1.82, 2.24) is 4.90 Å². The van der Waals surface area contributed by atoms with Gasteiger partial charge in [-0.05, 0) is 18.1 Å². The van der Waals surface area contributed by atoms with Crippen LogP contribution in [0.5, 0.6) is 17.2 Å². The third kappa shape index (κ3) is 2.18. The van der Waals surface area contributed by atoms with Gasteiger partial charge < -0.3 is 23.7 Å². The molecule has 4 aliphatic rings. The Morgan fingerprint density at radius 3 is 2.93 bits per heavy atom. The molecule has 2 bridgehead atoms. The van der Waals surface area contributed by atoms with Crippen LogP contribution in [0.1, 0.15) is 24.5 Å². The van der Waals surface area contributed by atoms with Crippen molar-refractivity contribution in [2.24, 2.45) is 0 Å². The monoisotopic (exact) mass is 373 g/mol. The molecule has 5 rings (SSSR count). The predicted molar refractivity (Wildman–Crippen MR) is 95.1 cm³/mol. The van der Waals surface area contributed by atoms with Crippen molar-refractivity contribution in [3.63, 3.8) is 0 Å². The van der Waals surface area contributed by atoms with Gasteiger partial charge in [-0.25, -0.2) is 0 Å². The molecule has 0 N–H and O–H groups in total. The van der Waals surface area contributed by atoms with Crippen LogP contribution in [0.2, 0.25) is 0 Å². The third-order valence-electron chi connectivity index (χ3n) is 6.33. The van der Waals surface area contributed by atoms with Gasteiger partial charge >= 0.3 is 5.97 Å². The summed E-state index contributed by atoms with van der Waals surface area (Å²) in [7, 11) is 3.38. The molecule has 0 spiro atoms. The minimum Gasteiger partial charge on any atom is -0.492 e. The maximum Gasteiger partial charge on any atom is 0.302 e. The topological polar surface area (TPSA) is 66.5 Å². The molecule has 5 atom stereocenters. The first-order chi connectivity index (χ1) is 13.1. The van der Waals surface area contributed by atoms with Gasteiger partial charge in [-0.1, -0.05) is 12.2 Å². The molecule has 1 saturated heterocycles. The second kappa shape index (κ2) is 5.87. The first kappa shape index (κ1) is 16.9. The zero-order valence-electron chi connectivity index (χ0n) is 15.7. The lowest BCUT2D eigenvalue weighted by Gasteiger charge is -2.46. The van der Waals surface area contributed by atoms with Crippen molar-refractivity contribution in [1.29, 1.82) is 0 Å². The van der Waals surface area contributed by atoms with Crippen molar-refractivity contribution < 1.29 is 28.5 Å². The van der Waals surface area contributed by atoms with Crippen molar-refractivity contribution in [2.75, 3.05) is 27.6 Å². The zero-order chi connectivity index (χ0) is 18.8. The van der Waals surface area contributed by atoms with E-state index in [9.17, 15) is 4.79 Å². The molecule has 1 aromatic rings. The van der Waals surface area contributed by atoms with E-state index in [1.807, 2.05) is 6.07 Å². The van der Waals surface area contributed by atoms with E-state index < -0.39 is 5.41 Å². The van der Waals surface area contributed by atoms with Crippen LogP contribution in [-0.2, 0) is 26.2 Å². The number of fused-ring (bicyclic) bond motifs is 2. The third-order valence-corrected chi connectivity index (χ3v) is 6.33. The van der Waals surface area contributed by atoms with Crippen molar-refractivity contribution in [3.8, 4) is 17.2 Å². The first-order valence-corrected chi connectivity index (χ1v) is 9.21. The highest BCUT2D eigenvalue weighted by atomic mass is 16.7. The lowest BCUT2D eigenvalue weighted by atomic mass is 9.65. The Balaban J connectivity index is 1.74. The molecular formula is C20H23NO6. The summed E-state index contributed by atoms with van der Waals surface area (Å²) in [5.41, 5.74) is 1.73. The standard InChI is InChI=1S/C20H23NO6/c1-11(22)27-17-9-21-8-13-14(7-15-19(18(13)24-3)26-10-25-15)20(17)5-4-12(23-2)6-16(20)21/h4-5,7,12,16-17H,6,8-10H2,1-3H3/t12-,16-,17+,20+/m0/s1. The summed E-state index contributed by atoms with van der Waals surface area (Å²) < 4.78 is 28.5. The highest BCUT2D eigenvalue weighted by molar-refractivity contribution is 5.68. The Hall–Kier alpha value is -2.25. The number of carbonyl (C=O) groups excluding carboxylic acids is 1. The number of rotatable bonds is 3. The number of ether oxygens (including phenoxy) is 5. The zero-order valence-corrected chi connectivity index (χ0v) is 15.7. The fourth-order valence-electron chi connectivity index (χ4n) is 5.28. The Labute approximate surface area is 157 Å². The van der Waals surface area contributed by atoms with Gasteiger partial charge in [0.25, 0.3) is 0 Å². The van der Waals surface area contributed by atoms with Crippen LogP contribution in [0.25, 0.3) is 0 Å². The average Bonchev–Trinajstić information content (AvgIpc) is 3.21. The van der Waals surface area contributed by atoms with Crippen molar-refractivity contribution in [2.45, 2.75) is 43.6 Å². The highest BCUT2D eigenvalue weighted by Crippen LogP contribution is 2.57. The van der Waals surface area contributed by atoms with Crippen LogP contribution in [0, 0.1) is 0 Å². The molecule has 27 heavy (non-hydrogen) atoms. The van der Waals surface area contributed by atoms with E-state index in [0.717, 1.165) is 17.5 Å².